The number of pyridine rings is 1. The number of fused-ring (bicyclic) bond motifs is 1. The van der Waals surface area contributed by atoms with E-state index in [1.165, 1.54) is 0 Å². The smallest absolute Gasteiger partial charge is 0.255 e. The summed E-state index contributed by atoms with van der Waals surface area (Å²) < 4.78 is 1.82. The second-order valence-corrected chi connectivity index (χ2v) is 4.25. The van der Waals surface area contributed by atoms with Crippen LogP contribution in [0.25, 0.3) is 5.52 Å². The van der Waals surface area contributed by atoms with Crippen molar-refractivity contribution in [2.45, 2.75) is 0 Å². The molecule has 0 atom stereocenters. The van der Waals surface area contributed by atoms with Crippen molar-refractivity contribution in [3.8, 4) is 6.07 Å². The zero-order chi connectivity index (χ0) is 13.9. The number of nitrogens with zero attached hydrogens (tertiary/aromatic N) is 3. The van der Waals surface area contributed by atoms with Crippen LogP contribution in [-0.4, -0.2) is 15.3 Å². The van der Waals surface area contributed by atoms with E-state index in [0.29, 0.717) is 16.8 Å². The summed E-state index contributed by atoms with van der Waals surface area (Å²) in [6.07, 6.45) is 5.12. The van der Waals surface area contributed by atoms with Crippen LogP contribution in [0.4, 0.5) is 5.69 Å². The van der Waals surface area contributed by atoms with Crippen molar-refractivity contribution in [2.75, 3.05) is 5.32 Å². The molecule has 0 unspecified atom stereocenters. The molecule has 96 valence electrons. The molecule has 3 rings (SSSR count). The second-order valence-electron chi connectivity index (χ2n) is 4.25. The Hall–Kier alpha value is -3.13. The third kappa shape index (κ3) is 2.10. The van der Waals surface area contributed by atoms with Crippen LogP contribution in [0.15, 0.2) is 55.1 Å². The van der Waals surface area contributed by atoms with Gasteiger partial charge in [-0.25, -0.2) is 4.98 Å². The van der Waals surface area contributed by atoms with Gasteiger partial charge in [0, 0.05) is 11.8 Å². The molecule has 5 heteroatoms. The number of nitrogens with one attached hydrogen (secondary N) is 1. The Morgan fingerprint density at radius 2 is 2.15 bits per heavy atom. The molecule has 3 aromatic rings. The van der Waals surface area contributed by atoms with E-state index >= 15 is 0 Å². The average molecular weight is 262 g/mol. The highest BCUT2D eigenvalue weighted by molar-refractivity contribution is 6.05. The van der Waals surface area contributed by atoms with E-state index in [0.717, 1.165) is 5.52 Å². The lowest BCUT2D eigenvalue weighted by Gasteiger charge is -2.07. The molecule has 1 aromatic carbocycles. The summed E-state index contributed by atoms with van der Waals surface area (Å²) in [7, 11) is 0. The fourth-order valence-corrected chi connectivity index (χ4v) is 1.94. The van der Waals surface area contributed by atoms with E-state index in [9.17, 15) is 4.79 Å². The normalized spacial score (nSPS) is 10.2. The van der Waals surface area contributed by atoms with Crippen LogP contribution in [0.1, 0.15) is 15.9 Å². The first-order valence-corrected chi connectivity index (χ1v) is 6.00. The van der Waals surface area contributed by atoms with Gasteiger partial charge >= 0.3 is 0 Å². The van der Waals surface area contributed by atoms with Crippen LogP contribution in [0, 0.1) is 11.3 Å². The van der Waals surface area contributed by atoms with Gasteiger partial charge in [0.05, 0.1) is 29.3 Å². The first kappa shape index (κ1) is 11.9. The largest absolute Gasteiger partial charge is 0.321 e. The standard InChI is InChI=1S/C15H10N4O/c16-8-12-3-1-2-4-14(12)18-15(20)11-5-6-19-10-17-9-13(19)7-11/h1-7,9-10H,(H,18,20). The SMILES string of the molecule is N#Cc1ccccc1NC(=O)c1ccn2cncc2c1. The summed E-state index contributed by atoms with van der Waals surface area (Å²) >= 11 is 0. The van der Waals surface area contributed by atoms with Crippen LogP contribution >= 0.6 is 0 Å². The fraction of sp³-hybridized carbons (Fsp3) is 0. The van der Waals surface area contributed by atoms with Gasteiger partial charge in [-0.3, -0.25) is 4.79 Å². The molecule has 0 saturated carbocycles. The zero-order valence-electron chi connectivity index (χ0n) is 10.4. The maximum absolute atomic E-state index is 12.2. The third-order valence-corrected chi connectivity index (χ3v) is 2.97. The number of nitriles is 1. The number of imidazole rings is 1. The molecule has 0 bridgehead atoms. The number of rotatable bonds is 2. The highest BCUT2D eigenvalue weighted by atomic mass is 16.1. The van der Waals surface area contributed by atoms with Crippen LogP contribution in [0.3, 0.4) is 0 Å². The maximum Gasteiger partial charge on any atom is 0.255 e. The van der Waals surface area contributed by atoms with Crippen LogP contribution < -0.4 is 5.32 Å². The predicted octanol–water partition coefficient (Wildman–Crippen LogP) is 2.46. The number of benzene rings is 1. The molecule has 20 heavy (non-hydrogen) atoms. The van der Waals surface area contributed by atoms with Gasteiger partial charge < -0.3 is 9.72 Å². The summed E-state index contributed by atoms with van der Waals surface area (Å²) in [5.74, 6) is -0.253. The molecule has 0 saturated heterocycles. The van der Waals surface area contributed by atoms with Gasteiger partial charge in [-0.1, -0.05) is 12.1 Å². The Bertz CT molecular complexity index is 829. The summed E-state index contributed by atoms with van der Waals surface area (Å²) in [6.45, 7) is 0. The van der Waals surface area contributed by atoms with E-state index in [4.69, 9.17) is 5.26 Å². The third-order valence-electron chi connectivity index (χ3n) is 2.97. The monoisotopic (exact) mass is 262 g/mol. The van der Waals surface area contributed by atoms with E-state index in [-0.39, 0.29) is 5.91 Å². The molecule has 5 nitrogen and oxygen atoms in total. The van der Waals surface area contributed by atoms with Crippen molar-refractivity contribution in [3.63, 3.8) is 0 Å². The topological polar surface area (TPSA) is 70.2 Å². The van der Waals surface area contributed by atoms with Crippen LogP contribution in [0.5, 0.6) is 0 Å². The summed E-state index contributed by atoms with van der Waals surface area (Å²) in [5.41, 5.74) is 2.30. The number of carbonyl (C=O) groups is 1. The second kappa shape index (κ2) is 4.86. The predicted molar refractivity (Wildman–Crippen MR) is 74.3 cm³/mol. The van der Waals surface area contributed by atoms with Crippen molar-refractivity contribution >= 4 is 17.1 Å². The van der Waals surface area contributed by atoms with Gasteiger partial charge in [-0.15, -0.1) is 0 Å². The van der Waals surface area contributed by atoms with Crippen molar-refractivity contribution in [1.82, 2.24) is 9.38 Å². The highest BCUT2D eigenvalue weighted by Gasteiger charge is 2.09. The number of aromatic nitrogens is 2. The number of amides is 1. The number of anilines is 1. The number of hydrogen-bond acceptors (Lipinski definition) is 3. The molecule has 0 aliphatic heterocycles. The minimum absolute atomic E-state index is 0.253. The Labute approximate surface area is 115 Å². The minimum atomic E-state index is -0.253. The number of para-hydroxylation sites is 1. The average Bonchev–Trinajstić information content (AvgIpc) is 2.95. The van der Waals surface area contributed by atoms with Gasteiger partial charge in [0.15, 0.2) is 0 Å². The fourth-order valence-electron chi connectivity index (χ4n) is 1.94. The van der Waals surface area contributed by atoms with Crippen molar-refractivity contribution in [1.29, 1.82) is 5.26 Å². The zero-order valence-corrected chi connectivity index (χ0v) is 10.4. The Morgan fingerprint density at radius 1 is 1.30 bits per heavy atom. The van der Waals surface area contributed by atoms with Crippen LogP contribution in [-0.2, 0) is 0 Å². The van der Waals surface area contributed by atoms with Gasteiger partial charge in [-0.2, -0.15) is 5.26 Å². The summed E-state index contributed by atoms with van der Waals surface area (Å²) in [5, 5.41) is 11.7. The maximum atomic E-state index is 12.2. The van der Waals surface area contributed by atoms with Crippen LogP contribution in [0.2, 0.25) is 0 Å². The molecular formula is C15H10N4O. The molecule has 2 heterocycles. The lowest BCUT2D eigenvalue weighted by molar-refractivity contribution is 0.102. The van der Waals surface area contributed by atoms with Gasteiger partial charge in [-0.05, 0) is 24.3 Å². The van der Waals surface area contributed by atoms with E-state index in [1.54, 1.807) is 55.1 Å². The Morgan fingerprint density at radius 3 is 3.00 bits per heavy atom. The Balaban J connectivity index is 1.91. The summed E-state index contributed by atoms with van der Waals surface area (Å²) in [4.78, 5) is 16.2. The molecule has 1 amide bonds. The van der Waals surface area contributed by atoms with Gasteiger partial charge in [0.25, 0.3) is 5.91 Å². The molecular weight excluding hydrogens is 252 g/mol. The van der Waals surface area contributed by atoms with Gasteiger partial charge in [0.2, 0.25) is 0 Å². The first-order valence-electron chi connectivity index (χ1n) is 6.00. The van der Waals surface area contributed by atoms with Gasteiger partial charge in [0.1, 0.15) is 6.07 Å². The van der Waals surface area contributed by atoms with Crippen molar-refractivity contribution in [2.24, 2.45) is 0 Å². The van der Waals surface area contributed by atoms with E-state index in [1.807, 2.05) is 10.5 Å². The molecule has 0 aliphatic rings. The number of hydrogen-bond donors (Lipinski definition) is 1. The number of carbonyl (C=O) groups excluding carboxylic acids is 1. The molecule has 0 spiro atoms. The first-order chi connectivity index (χ1) is 9.78. The minimum Gasteiger partial charge on any atom is -0.321 e. The van der Waals surface area contributed by atoms with Crippen molar-refractivity contribution < 1.29 is 4.79 Å². The molecule has 1 N–H and O–H groups in total. The molecule has 2 aromatic heterocycles. The Kier molecular flexibility index (Phi) is 2.90. The highest BCUT2D eigenvalue weighted by Crippen LogP contribution is 2.15. The van der Waals surface area contributed by atoms with E-state index < -0.39 is 0 Å². The molecule has 0 fully saturated rings. The lowest BCUT2D eigenvalue weighted by Crippen LogP contribution is -2.13. The quantitative estimate of drug-likeness (QED) is 0.771. The van der Waals surface area contributed by atoms with Crippen molar-refractivity contribution in [3.05, 3.63) is 66.2 Å². The lowest BCUT2D eigenvalue weighted by atomic mass is 10.1. The molecule has 0 radical (unpaired) electrons. The summed E-state index contributed by atoms with van der Waals surface area (Å²) in [6, 6.07) is 12.4. The molecule has 0 aliphatic carbocycles. The van der Waals surface area contributed by atoms with E-state index in [2.05, 4.69) is 10.3 Å².